The van der Waals surface area contributed by atoms with Crippen LogP contribution in [-0.2, 0) is 4.79 Å². The molecular weight excluding hydrogens is 268 g/mol. The van der Waals surface area contributed by atoms with Crippen molar-refractivity contribution < 1.29 is 9.59 Å². The van der Waals surface area contributed by atoms with Crippen LogP contribution in [0.25, 0.3) is 0 Å². The van der Waals surface area contributed by atoms with Crippen LogP contribution in [0.1, 0.15) is 31.1 Å². The molecule has 0 unspecified atom stereocenters. The number of aromatic nitrogens is 1. The molecule has 0 radical (unpaired) electrons. The minimum Gasteiger partial charge on any atom is -0.367 e. The van der Waals surface area contributed by atoms with Crippen molar-refractivity contribution in [3.05, 3.63) is 24.0 Å². The number of rotatable bonds is 3. The van der Waals surface area contributed by atoms with E-state index in [1.165, 1.54) is 0 Å². The first-order valence-electron chi connectivity index (χ1n) is 7.23. The molecule has 2 amide bonds. The van der Waals surface area contributed by atoms with Gasteiger partial charge in [0, 0.05) is 45.3 Å². The Morgan fingerprint density at radius 1 is 1.19 bits per heavy atom. The van der Waals surface area contributed by atoms with Gasteiger partial charge >= 0.3 is 0 Å². The number of carbonyl (C=O) groups is 2. The molecule has 1 saturated heterocycles. The molecule has 1 fully saturated rings. The SMILES string of the molecule is CC(=O)N1CCN(c2cncc(C(=O)NC(C)C)c2)CC1. The van der Waals surface area contributed by atoms with Gasteiger partial charge in [-0.3, -0.25) is 14.6 Å². The summed E-state index contributed by atoms with van der Waals surface area (Å²) in [7, 11) is 0. The van der Waals surface area contributed by atoms with E-state index in [4.69, 9.17) is 0 Å². The number of piperazine rings is 1. The Labute approximate surface area is 125 Å². The van der Waals surface area contributed by atoms with Crippen LogP contribution < -0.4 is 10.2 Å². The van der Waals surface area contributed by atoms with E-state index in [1.54, 1.807) is 19.3 Å². The third-order valence-electron chi connectivity index (χ3n) is 3.50. The summed E-state index contributed by atoms with van der Waals surface area (Å²) in [6.07, 6.45) is 3.34. The van der Waals surface area contributed by atoms with Gasteiger partial charge in [-0.2, -0.15) is 0 Å². The molecule has 0 aromatic carbocycles. The third-order valence-corrected chi connectivity index (χ3v) is 3.50. The summed E-state index contributed by atoms with van der Waals surface area (Å²) in [6, 6.07) is 1.95. The number of nitrogens with zero attached hydrogens (tertiary/aromatic N) is 3. The van der Waals surface area contributed by atoms with Gasteiger partial charge in [0.2, 0.25) is 5.91 Å². The fourth-order valence-electron chi connectivity index (χ4n) is 2.35. The van der Waals surface area contributed by atoms with Gasteiger partial charge in [-0.05, 0) is 19.9 Å². The van der Waals surface area contributed by atoms with Gasteiger partial charge in [0.05, 0.1) is 17.4 Å². The maximum atomic E-state index is 12.0. The average Bonchev–Trinajstić information content (AvgIpc) is 2.47. The lowest BCUT2D eigenvalue weighted by molar-refractivity contribution is -0.129. The molecule has 1 N–H and O–H groups in total. The number of anilines is 1. The lowest BCUT2D eigenvalue weighted by Crippen LogP contribution is -2.48. The molecule has 0 atom stereocenters. The van der Waals surface area contributed by atoms with Gasteiger partial charge < -0.3 is 15.1 Å². The zero-order valence-corrected chi connectivity index (χ0v) is 12.8. The van der Waals surface area contributed by atoms with Crippen molar-refractivity contribution in [2.24, 2.45) is 0 Å². The molecule has 1 aliphatic heterocycles. The number of amides is 2. The van der Waals surface area contributed by atoms with Crippen molar-refractivity contribution in [1.82, 2.24) is 15.2 Å². The first-order chi connectivity index (χ1) is 9.97. The van der Waals surface area contributed by atoms with E-state index in [0.717, 1.165) is 18.8 Å². The molecule has 0 spiro atoms. The van der Waals surface area contributed by atoms with Crippen molar-refractivity contribution in [1.29, 1.82) is 0 Å². The summed E-state index contributed by atoms with van der Waals surface area (Å²) < 4.78 is 0. The Morgan fingerprint density at radius 2 is 1.86 bits per heavy atom. The van der Waals surface area contributed by atoms with E-state index in [2.05, 4.69) is 15.2 Å². The number of nitrogens with one attached hydrogen (secondary N) is 1. The second-order valence-electron chi connectivity index (χ2n) is 5.55. The molecule has 6 nitrogen and oxygen atoms in total. The summed E-state index contributed by atoms with van der Waals surface area (Å²) in [5.74, 6) is -0.000408. The van der Waals surface area contributed by atoms with Gasteiger partial charge in [-0.1, -0.05) is 0 Å². The van der Waals surface area contributed by atoms with Gasteiger partial charge in [-0.25, -0.2) is 0 Å². The molecule has 114 valence electrons. The highest BCUT2D eigenvalue weighted by Crippen LogP contribution is 2.17. The molecule has 6 heteroatoms. The maximum Gasteiger partial charge on any atom is 0.253 e. The second-order valence-corrected chi connectivity index (χ2v) is 5.55. The highest BCUT2D eigenvalue weighted by Gasteiger charge is 2.19. The fourth-order valence-corrected chi connectivity index (χ4v) is 2.35. The zero-order valence-electron chi connectivity index (χ0n) is 12.8. The van der Waals surface area contributed by atoms with E-state index in [9.17, 15) is 9.59 Å². The maximum absolute atomic E-state index is 12.0. The van der Waals surface area contributed by atoms with E-state index >= 15 is 0 Å². The topological polar surface area (TPSA) is 65.5 Å². The third kappa shape index (κ3) is 3.93. The zero-order chi connectivity index (χ0) is 15.4. The Balaban J connectivity index is 2.05. The number of hydrogen-bond donors (Lipinski definition) is 1. The monoisotopic (exact) mass is 290 g/mol. The van der Waals surface area contributed by atoms with Crippen molar-refractivity contribution in [3.63, 3.8) is 0 Å². The van der Waals surface area contributed by atoms with Crippen LogP contribution in [0.2, 0.25) is 0 Å². The van der Waals surface area contributed by atoms with Crippen molar-refractivity contribution in [2.75, 3.05) is 31.1 Å². The van der Waals surface area contributed by atoms with Crippen LogP contribution in [-0.4, -0.2) is 53.9 Å². The molecule has 1 aromatic heterocycles. The quantitative estimate of drug-likeness (QED) is 0.898. The first kappa shape index (κ1) is 15.3. The van der Waals surface area contributed by atoms with Crippen LogP contribution in [0, 0.1) is 0 Å². The Hall–Kier alpha value is -2.11. The number of pyridine rings is 1. The highest BCUT2D eigenvalue weighted by atomic mass is 16.2. The summed E-state index contributed by atoms with van der Waals surface area (Å²) in [5, 5.41) is 2.86. The van der Waals surface area contributed by atoms with Gasteiger partial charge in [0.15, 0.2) is 0 Å². The Bertz CT molecular complexity index is 522. The minimum atomic E-state index is -0.110. The molecule has 2 heterocycles. The van der Waals surface area contributed by atoms with Gasteiger partial charge in [-0.15, -0.1) is 0 Å². The smallest absolute Gasteiger partial charge is 0.253 e. The van der Waals surface area contributed by atoms with Crippen LogP contribution in [0.15, 0.2) is 18.5 Å². The molecule has 0 bridgehead atoms. The molecule has 0 saturated carbocycles. The first-order valence-corrected chi connectivity index (χ1v) is 7.23. The molecular formula is C15H22N4O2. The largest absolute Gasteiger partial charge is 0.367 e. The predicted molar refractivity (Wildman–Crippen MR) is 81.3 cm³/mol. The summed E-state index contributed by atoms with van der Waals surface area (Å²) in [6.45, 7) is 8.38. The van der Waals surface area contributed by atoms with Crippen LogP contribution in [0.3, 0.4) is 0 Å². The van der Waals surface area contributed by atoms with E-state index in [0.29, 0.717) is 18.7 Å². The number of hydrogen-bond acceptors (Lipinski definition) is 4. The Kier molecular flexibility index (Phi) is 4.77. The van der Waals surface area contributed by atoms with Crippen molar-refractivity contribution >= 4 is 17.5 Å². The van der Waals surface area contributed by atoms with Crippen molar-refractivity contribution in [2.45, 2.75) is 26.8 Å². The molecule has 1 aromatic rings. The van der Waals surface area contributed by atoms with Crippen LogP contribution in [0.4, 0.5) is 5.69 Å². The second kappa shape index (κ2) is 6.56. The van der Waals surface area contributed by atoms with Crippen LogP contribution in [0.5, 0.6) is 0 Å². The van der Waals surface area contributed by atoms with Gasteiger partial charge in [0.1, 0.15) is 0 Å². The average molecular weight is 290 g/mol. The van der Waals surface area contributed by atoms with E-state index in [-0.39, 0.29) is 17.9 Å². The lowest BCUT2D eigenvalue weighted by atomic mass is 10.2. The fraction of sp³-hybridized carbons (Fsp3) is 0.533. The molecule has 1 aliphatic rings. The molecule has 21 heavy (non-hydrogen) atoms. The molecule has 2 rings (SSSR count). The van der Waals surface area contributed by atoms with Gasteiger partial charge in [0.25, 0.3) is 5.91 Å². The standard InChI is InChI=1S/C15H22N4O2/c1-11(2)17-15(21)13-8-14(10-16-9-13)19-6-4-18(5-7-19)12(3)20/h8-11H,4-7H2,1-3H3,(H,17,21). The normalized spacial score (nSPS) is 15.2. The van der Waals surface area contributed by atoms with Crippen LogP contribution >= 0.6 is 0 Å². The highest BCUT2D eigenvalue weighted by molar-refractivity contribution is 5.94. The summed E-state index contributed by atoms with van der Waals surface area (Å²) >= 11 is 0. The van der Waals surface area contributed by atoms with E-state index < -0.39 is 0 Å². The number of carbonyl (C=O) groups excluding carboxylic acids is 2. The summed E-state index contributed by atoms with van der Waals surface area (Å²) in [4.78, 5) is 31.5. The predicted octanol–water partition coefficient (Wildman–Crippen LogP) is 0.888. The van der Waals surface area contributed by atoms with E-state index in [1.807, 2.05) is 24.8 Å². The van der Waals surface area contributed by atoms with Crippen molar-refractivity contribution in [3.8, 4) is 0 Å². The molecule has 0 aliphatic carbocycles. The lowest BCUT2D eigenvalue weighted by Gasteiger charge is -2.35. The Morgan fingerprint density at radius 3 is 2.43 bits per heavy atom. The minimum absolute atomic E-state index is 0.0975. The summed E-state index contributed by atoms with van der Waals surface area (Å²) in [5.41, 5.74) is 1.49.